The first kappa shape index (κ1) is 23.8. The zero-order valence-electron chi connectivity index (χ0n) is 21.2. The number of nitrogens with one attached hydrogen (secondary N) is 1. The van der Waals surface area contributed by atoms with Gasteiger partial charge >= 0.3 is 0 Å². The lowest BCUT2D eigenvalue weighted by atomic mass is 9.63. The van der Waals surface area contributed by atoms with E-state index < -0.39 is 0 Å². The summed E-state index contributed by atoms with van der Waals surface area (Å²) < 4.78 is 0. The molecule has 5 rings (SSSR count). The minimum Gasteiger partial charge on any atom is -0.508 e. The maximum absolute atomic E-state index is 13.5. The normalized spacial score (nSPS) is 15.8. The number of rotatable bonds is 4. The lowest BCUT2D eigenvalue weighted by Crippen LogP contribution is -2.34. The number of hydrogen-bond acceptors (Lipinski definition) is 3. The topological polar surface area (TPSA) is 66.4 Å². The standard InChI is InChI=1S/C32H31NO3/c1-31(2)15-16-32(3,4)28-19-23(9-14-27(28)31)29(35)22-7-5-21-18-24(8-6-20(21)17-22)30(36)33-25-10-12-26(34)13-11-25/h5-14,17-19,34H,15-16H2,1-4H3,(H,33,36). The van der Waals surface area contributed by atoms with Crippen LogP contribution >= 0.6 is 0 Å². The van der Waals surface area contributed by atoms with Crippen molar-refractivity contribution in [3.8, 4) is 5.75 Å². The summed E-state index contributed by atoms with van der Waals surface area (Å²) in [6, 6.07) is 23.6. The molecule has 1 aliphatic carbocycles. The Morgan fingerprint density at radius 2 is 1.19 bits per heavy atom. The van der Waals surface area contributed by atoms with Gasteiger partial charge in [0.25, 0.3) is 5.91 Å². The summed E-state index contributed by atoms with van der Waals surface area (Å²) in [5.41, 5.74) is 5.25. The van der Waals surface area contributed by atoms with Crippen LogP contribution in [-0.2, 0) is 10.8 Å². The lowest BCUT2D eigenvalue weighted by Gasteiger charge is -2.42. The van der Waals surface area contributed by atoms with Crippen LogP contribution in [0, 0.1) is 0 Å². The second-order valence-corrected chi connectivity index (χ2v) is 11.1. The number of ketones is 1. The van der Waals surface area contributed by atoms with Gasteiger partial charge in [0.15, 0.2) is 5.78 Å². The maximum Gasteiger partial charge on any atom is 0.255 e. The zero-order valence-corrected chi connectivity index (χ0v) is 21.2. The van der Waals surface area contributed by atoms with Crippen molar-refractivity contribution < 1.29 is 14.7 Å². The molecule has 0 spiro atoms. The molecule has 4 aromatic rings. The Labute approximate surface area is 212 Å². The predicted molar refractivity (Wildman–Crippen MR) is 145 cm³/mol. The van der Waals surface area contributed by atoms with Gasteiger partial charge in [-0.1, -0.05) is 58.0 Å². The number of fused-ring (bicyclic) bond motifs is 2. The first-order chi connectivity index (χ1) is 17.0. The molecule has 1 amide bonds. The van der Waals surface area contributed by atoms with E-state index in [4.69, 9.17) is 0 Å². The van der Waals surface area contributed by atoms with E-state index in [-0.39, 0.29) is 28.3 Å². The number of carbonyl (C=O) groups is 2. The SMILES string of the molecule is CC1(C)CCC(C)(C)c2cc(C(=O)c3ccc4cc(C(=O)Nc5ccc(O)cc5)ccc4c3)ccc21. The number of carbonyl (C=O) groups excluding carboxylic acids is 2. The van der Waals surface area contributed by atoms with Crippen LogP contribution in [0.3, 0.4) is 0 Å². The van der Waals surface area contributed by atoms with E-state index in [1.165, 1.54) is 23.3 Å². The van der Waals surface area contributed by atoms with Gasteiger partial charge in [-0.15, -0.1) is 0 Å². The molecular formula is C32H31NO3. The summed E-state index contributed by atoms with van der Waals surface area (Å²) in [7, 11) is 0. The van der Waals surface area contributed by atoms with E-state index in [0.29, 0.717) is 22.4 Å². The van der Waals surface area contributed by atoms with Crippen molar-refractivity contribution in [2.24, 2.45) is 0 Å². The second kappa shape index (κ2) is 8.63. The Balaban J connectivity index is 1.41. The molecule has 0 radical (unpaired) electrons. The van der Waals surface area contributed by atoms with Crippen molar-refractivity contribution in [1.29, 1.82) is 0 Å². The fourth-order valence-electron chi connectivity index (χ4n) is 5.17. The number of anilines is 1. The summed E-state index contributed by atoms with van der Waals surface area (Å²) in [6.45, 7) is 9.09. The molecule has 4 aromatic carbocycles. The Morgan fingerprint density at radius 1 is 0.667 bits per heavy atom. The minimum atomic E-state index is -0.234. The number of phenolic OH excluding ortho intramolecular Hbond substituents is 1. The van der Waals surface area contributed by atoms with Crippen LogP contribution in [0.1, 0.15) is 77.9 Å². The molecule has 0 aliphatic heterocycles. The Hall–Kier alpha value is -3.92. The first-order valence-electron chi connectivity index (χ1n) is 12.4. The van der Waals surface area contributed by atoms with Gasteiger partial charge in [0, 0.05) is 22.4 Å². The van der Waals surface area contributed by atoms with Crippen LogP contribution in [0.4, 0.5) is 5.69 Å². The van der Waals surface area contributed by atoms with E-state index in [1.54, 1.807) is 18.2 Å². The molecule has 4 nitrogen and oxygen atoms in total. The summed E-state index contributed by atoms with van der Waals surface area (Å²) in [4.78, 5) is 26.2. The second-order valence-electron chi connectivity index (χ2n) is 11.1. The predicted octanol–water partition coefficient (Wildman–Crippen LogP) is 7.38. The number of amides is 1. The van der Waals surface area contributed by atoms with E-state index in [9.17, 15) is 14.7 Å². The highest BCUT2D eigenvalue weighted by molar-refractivity contribution is 6.11. The number of phenols is 1. The van der Waals surface area contributed by atoms with Crippen molar-refractivity contribution in [3.63, 3.8) is 0 Å². The summed E-state index contributed by atoms with van der Waals surface area (Å²) in [6.07, 6.45) is 2.24. The summed E-state index contributed by atoms with van der Waals surface area (Å²) in [5.74, 6) is -0.0811. The molecule has 4 heteroatoms. The molecule has 182 valence electrons. The molecule has 0 saturated heterocycles. The van der Waals surface area contributed by atoms with Gasteiger partial charge in [0.1, 0.15) is 5.75 Å². The van der Waals surface area contributed by atoms with Crippen molar-refractivity contribution in [3.05, 3.63) is 107 Å². The monoisotopic (exact) mass is 477 g/mol. The van der Waals surface area contributed by atoms with Gasteiger partial charge in [-0.3, -0.25) is 9.59 Å². The molecular weight excluding hydrogens is 446 g/mol. The molecule has 0 unspecified atom stereocenters. The number of benzene rings is 4. The fraction of sp³-hybridized carbons (Fsp3) is 0.250. The fourth-order valence-corrected chi connectivity index (χ4v) is 5.17. The molecule has 2 N–H and O–H groups in total. The van der Waals surface area contributed by atoms with Gasteiger partial charge in [0.2, 0.25) is 0 Å². The maximum atomic E-state index is 13.5. The summed E-state index contributed by atoms with van der Waals surface area (Å²) >= 11 is 0. The van der Waals surface area contributed by atoms with Crippen LogP contribution in [-0.4, -0.2) is 16.8 Å². The molecule has 0 atom stereocenters. The summed E-state index contributed by atoms with van der Waals surface area (Å²) in [5, 5.41) is 14.0. The van der Waals surface area contributed by atoms with Gasteiger partial charge in [0.05, 0.1) is 0 Å². The van der Waals surface area contributed by atoms with Crippen LogP contribution in [0.25, 0.3) is 10.8 Å². The highest BCUT2D eigenvalue weighted by atomic mass is 16.3. The van der Waals surface area contributed by atoms with Gasteiger partial charge in [-0.25, -0.2) is 0 Å². The average Bonchev–Trinajstić information content (AvgIpc) is 2.87. The van der Waals surface area contributed by atoms with E-state index in [0.717, 1.165) is 23.6 Å². The van der Waals surface area contributed by atoms with Crippen molar-refractivity contribution in [2.45, 2.75) is 51.4 Å². The third kappa shape index (κ3) is 4.39. The third-order valence-electron chi connectivity index (χ3n) is 7.60. The quantitative estimate of drug-likeness (QED) is 0.238. The number of hydrogen-bond donors (Lipinski definition) is 2. The smallest absolute Gasteiger partial charge is 0.255 e. The van der Waals surface area contributed by atoms with Crippen molar-refractivity contribution >= 4 is 28.2 Å². The van der Waals surface area contributed by atoms with Crippen LogP contribution < -0.4 is 5.32 Å². The zero-order chi connectivity index (χ0) is 25.7. The average molecular weight is 478 g/mol. The first-order valence-corrected chi connectivity index (χ1v) is 12.4. The molecule has 1 aliphatic rings. The van der Waals surface area contributed by atoms with Gasteiger partial charge in [-0.05, 0) is 94.1 Å². The molecule has 0 heterocycles. The Morgan fingerprint density at radius 3 is 1.86 bits per heavy atom. The molecule has 0 fully saturated rings. The Bertz CT molecular complexity index is 1500. The van der Waals surface area contributed by atoms with Gasteiger partial charge in [-0.2, -0.15) is 0 Å². The minimum absolute atomic E-state index is 0.00743. The number of aromatic hydroxyl groups is 1. The Kier molecular flexibility index (Phi) is 5.71. The highest BCUT2D eigenvalue weighted by Gasteiger charge is 2.37. The molecule has 0 bridgehead atoms. The van der Waals surface area contributed by atoms with Crippen LogP contribution in [0.15, 0.2) is 78.9 Å². The van der Waals surface area contributed by atoms with E-state index in [1.807, 2.05) is 36.4 Å². The van der Waals surface area contributed by atoms with Crippen LogP contribution in [0.2, 0.25) is 0 Å². The molecule has 0 aromatic heterocycles. The third-order valence-corrected chi connectivity index (χ3v) is 7.60. The van der Waals surface area contributed by atoms with Crippen molar-refractivity contribution in [1.82, 2.24) is 0 Å². The largest absolute Gasteiger partial charge is 0.508 e. The van der Waals surface area contributed by atoms with Crippen LogP contribution in [0.5, 0.6) is 5.75 Å². The van der Waals surface area contributed by atoms with E-state index >= 15 is 0 Å². The molecule has 36 heavy (non-hydrogen) atoms. The van der Waals surface area contributed by atoms with Crippen molar-refractivity contribution in [2.75, 3.05) is 5.32 Å². The highest BCUT2D eigenvalue weighted by Crippen LogP contribution is 2.46. The lowest BCUT2D eigenvalue weighted by molar-refractivity contribution is 0.102. The molecule has 0 saturated carbocycles. The van der Waals surface area contributed by atoms with E-state index in [2.05, 4.69) is 45.1 Å². The van der Waals surface area contributed by atoms with Gasteiger partial charge < -0.3 is 10.4 Å².